The molecule has 0 aliphatic carbocycles. The van der Waals surface area contributed by atoms with E-state index >= 15 is 0 Å². The van der Waals surface area contributed by atoms with Crippen molar-refractivity contribution >= 4 is 23.4 Å². The largest absolute Gasteiger partial charge is 0.368 e. The maximum Gasteiger partial charge on any atom is 0.253 e. The Labute approximate surface area is 167 Å². The molecule has 1 fully saturated rings. The van der Waals surface area contributed by atoms with Gasteiger partial charge in [-0.3, -0.25) is 9.36 Å². The fraction of sp³-hybridized carbons (Fsp3) is 0.238. The molecule has 1 amide bonds. The van der Waals surface area contributed by atoms with E-state index in [9.17, 15) is 9.18 Å². The highest BCUT2D eigenvalue weighted by molar-refractivity contribution is 7.98. The summed E-state index contributed by atoms with van der Waals surface area (Å²) in [6.45, 7) is 2.77. The molecule has 0 unspecified atom stereocenters. The highest BCUT2D eigenvalue weighted by Gasteiger charge is 2.22. The van der Waals surface area contributed by atoms with Crippen molar-refractivity contribution in [2.45, 2.75) is 5.16 Å². The summed E-state index contributed by atoms with van der Waals surface area (Å²) in [5, 5.41) is 0.913. The molecule has 0 bridgehead atoms. The number of rotatable bonds is 4. The van der Waals surface area contributed by atoms with Gasteiger partial charge >= 0.3 is 0 Å². The Balaban J connectivity index is 1.40. The topological polar surface area (TPSA) is 41.4 Å². The number of benzene rings is 2. The molecule has 1 aromatic heterocycles. The average Bonchev–Trinajstić information content (AvgIpc) is 3.23. The second-order valence-corrected chi connectivity index (χ2v) is 7.36. The summed E-state index contributed by atoms with van der Waals surface area (Å²) in [5.41, 5.74) is 2.66. The van der Waals surface area contributed by atoms with Crippen LogP contribution in [0.4, 0.5) is 10.1 Å². The van der Waals surface area contributed by atoms with Gasteiger partial charge in [-0.25, -0.2) is 9.37 Å². The summed E-state index contributed by atoms with van der Waals surface area (Å²) in [5.74, 6) is -0.192. The molecule has 4 rings (SSSR count). The SMILES string of the molecule is CSc1nccn1-c1ccc(C(=O)N2CCN(c3ccc(F)cc3)CC2)cc1. The van der Waals surface area contributed by atoms with Crippen LogP contribution in [-0.4, -0.2) is 52.8 Å². The molecule has 2 heterocycles. The maximum absolute atomic E-state index is 13.1. The number of carbonyl (C=O) groups excluding carboxylic acids is 1. The fourth-order valence-corrected chi connectivity index (χ4v) is 3.93. The van der Waals surface area contributed by atoms with Crippen molar-refractivity contribution in [3.63, 3.8) is 0 Å². The molecule has 0 radical (unpaired) electrons. The number of hydrogen-bond acceptors (Lipinski definition) is 4. The van der Waals surface area contributed by atoms with E-state index in [2.05, 4.69) is 9.88 Å². The van der Waals surface area contributed by atoms with Crippen LogP contribution in [0.2, 0.25) is 0 Å². The first-order valence-corrected chi connectivity index (χ1v) is 10.4. The van der Waals surface area contributed by atoms with Crippen molar-refractivity contribution in [2.24, 2.45) is 0 Å². The van der Waals surface area contributed by atoms with Crippen LogP contribution in [-0.2, 0) is 0 Å². The molecule has 1 aliphatic heterocycles. The summed E-state index contributed by atoms with van der Waals surface area (Å²) in [6, 6.07) is 14.1. The van der Waals surface area contributed by atoms with Gasteiger partial charge < -0.3 is 9.80 Å². The molecule has 3 aromatic rings. The van der Waals surface area contributed by atoms with Crippen molar-refractivity contribution < 1.29 is 9.18 Å². The first kappa shape index (κ1) is 18.6. The number of anilines is 1. The van der Waals surface area contributed by atoms with Gasteiger partial charge in [-0.2, -0.15) is 0 Å². The lowest BCUT2D eigenvalue weighted by Crippen LogP contribution is -2.48. The number of hydrogen-bond donors (Lipinski definition) is 0. The zero-order valence-corrected chi connectivity index (χ0v) is 16.4. The summed E-state index contributed by atoms with van der Waals surface area (Å²) < 4.78 is 15.1. The minimum atomic E-state index is -0.235. The van der Waals surface area contributed by atoms with Gasteiger partial charge in [0.05, 0.1) is 0 Å². The van der Waals surface area contributed by atoms with Gasteiger partial charge in [0.2, 0.25) is 0 Å². The van der Waals surface area contributed by atoms with E-state index in [1.807, 2.05) is 46.2 Å². The minimum Gasteiger partial charge on any atom is -0.368 e. The quantitative estimate of drug-likeness (QED) is 0.631. The standard InChI is InChI=1S/C21H21FN4OS/c1-28-21-23-10-11-26(21)19-6-2-16(3-7-19)20(27)25-14-12-24(13-15-25)18-8-4-17(22)5-9-18/h2-11H,12-15H2,1H3. The third kappa shape index (κ3) is 3.75. The third-order valence-corrected chi connectivity index (χ3v) is 5.61. The van der Waals surface area contributed by atoms with Crippen LogP contribution in [0.5, 0.6) is 0 Å². The Kier molecular flexibility index (Phi) is 5.34. The fourth-order valence-electron chi connectivity index (χ4n) is 3.40. The van der Waals surface area contributed by atoms with Gasteiger partial charge in [0.25, 0.3) is 5.91 Å². The number of piperazine rings is 1. The first-order chi connectivity index (χ1) is 13.7. The Hall–Kier alpha value is -2.80. The van der Waals surface area contributed by atoms with E-state index in [4.69, 9.17) is 0 Å². The normalized spacial score (nSPS) is 14.4. The molecule has 28 heavy (non-hydrogen) atoms. The van der Waals surface area contributed by atoms with Crippen LogP contribution in [0.3, 0.4) is 0 Å². The highest BCUT2D eigenvalue weighted by Crippen LogP contribution is 2.20. The van der Waals surface area contributed by atoms with Gasteiger partial charge in [-0.15, -0.1) is 0 Å². The molecule has 2 aromatic carbocycles. The van der Waals surface area contributed by atoms with E-state index < -0.39 is 0 Å². The van der Waals surface area contributed by atoms with Gasteiger partial charge in [-0.1, -0.05) is 11.8 Å². The molecule has 0 saturated carbocycles. The van der Waals surface area contributed by atoms with Gasteiger partial charge in [-0.05, 0) is 54.8 Å². The van der Waals surface area contributed by atoms with Crippen molar-refractivity contribution in [2.75, 3.05) is 37.3 Å². The average molecular weight is 396 g/mol. The molecule has 1 aliphatic rings. The summed E-state index contributed by atoms with van der Waals surface area (Å²) in [4.78, 5) is 21.2. The van der Waals surface area contributed by atoms with Crippen molar-refractivity contribution in [1.82, 2.24) is 14.5 Å². The zero-order chi connectivity index (χ0) is 19.5. The molecule has 5 nitrogen and oxygen atoms in total. The van der Waals surface area contributed by atoms with E-state index in [-0.39, 0.29) is 11.7 Å². The predicted molar refractivity (Wildman–Crippen MR) is 110 cm³/mol. The second-order valence-electron chi connectivity index (χ2n) is 6.59. The molecular weight excluding hydrogens is 375 g/mol. The number of halogens is 1. The Bertz CT molecular complexity index is 947. The molecule has 0 atom stereocenters. The lowest BCUT2D eigenvalue weighted by molar-refractivity contribution is 0.0747. The number of nitrogens with zero attached hydrogens (tertiary/aromatic N) is 4. The predicted octanol–water partition coefficient (Wildman–Crippen LogP) is 3.70. The molecule has 0 spiro atoms. The molecule has 1 saturated heterocycles. The van der Waals surface area contributed by atoms with E-state index in [1.54, 1.807) is 30.1 Å². The lowest BCUT2D eigenvalue weighted by atomic mass is 10.1. The smallest absolute Gasteiger partial charge is 0.253 e. The first-order valence-electron chi connectivity index (χ1n) is 9.13. The van der Waals surface area contributed by atoms with Crippen LogP contribution in [0.15, 0.2) is 66.1 Å². The van der Waals surface area contributed by atoms with Gasteiger partial charge in [0, 0.05) is 55.5 Å². The Morgan fingerprint density at radius 3 is 2.25 bits per heavy atom. The molecule has 144 valence electrons. The summed E-state index contributed by atoms with van der Waals surface area (Å²) >= 11 is 1.58. The molecular formula is C21H21FN4OS. The number of carbonyl (C=O) groups is 1. The van der Waals surface area contributed by atoms with Crippen LogP contribution >= 0.6 is 11.8 Å². The Morgan fingerprint density at radius 2 is 1.61 bits per heavy atom. The van der Waals surface area contributed by atoms with Crippen LogP contribution in [0, 0.1) is 5.82 Å². The highest BCUT2D eigenvalue weighted by atomic mass is 32.2. The van der Waals surface area contributed by atoms with Crippen LogP contribution in [0.1, 0.15) is 10.4 Å². The molecule has 7 heteroatoms. The molecule has 0 N–H and O–H groups in total. The maximum atomic E-state index is 13.1. The van der Waals surface area contributed by atoms with Crippen molar-refractivity contribution in [3.8, 4) is 5.69 Å². The number of imidazole rings is 1. The summed E-state index contributed by atoms with van der Waals surface area (Å²) in [7, 11) is 0. The third-order valence-electron chi connectivity index (χ3n) is 4.94. The number of thioether (sulfide) groups is 1. The van der Waals surface area contributed by atoms with E-state index in [0.29, 0.717) is 18.7 Å². The van der Waals surface area contributed by atoms with Crippen molar-refractivity contribution in [3.05, 3.63) is 72.3 Å². The Morgan fingerprint density at radius 1 is 0.964 bits per heavy atom. The van der Waals surface area contributed by atoms with Crippen LogP contribution in [0.25, 0.3) is 5.69 Å². The van der Waals surface area contributed by atoms with Gasteiger partial charge in [0.1, 0.15) is 5.82 Å². The number of amides is 1. The lowest BCUT2D eigenvalue weighted by Gasteiger charge is -2.36. The van der Waals surface area contributed by atoms with E-state index in [0.717, 1.165) is 29.6 Å². The second kappa shape index (κ2) is 8.06. The number of aromatic nitrogens is 2. The van der Waals surface area contributed by atoms with Crippen LogP contribution < -0.4 is 4.90 Å². The monoisotopic (exact) mass is 396 g/mol. The van der Waals surface area contributed by atoms with Gasteiger partial charge in [0.15, 0.2) is 5.16 Å². The summed E-state index contributed by atoms with van der Waals surface area (Å²) in [6.07, 6.45) is 5.67. The minimum absolute atomic E-state index is 0.0426. The van der Waals surface area contributed by atoms with E-state index in [1.165, 1.54) is 12.1 Å². The zero-order valence-electron chi connectivity index (χ0n) is 15.6. The van der Waals surface area contributed by atoms with Crippen molar-refractivity contribution in [1.29, 1.82) is 0 Å².